The van der Waals surface area contributed by atoms with Crippen LogP contribution in [0.2, 0.25) is 0 Å². The summed E-state index contributed by atoms with van der Waals surface area (Å²) in [5.41, 5.74) is 7.02. The van der Waals surface area contributed by atoms with Crippen LogP contribution in [0, 0.1) is 0 Å². The minimum Gasteiger partial charge on any atom is -0.340 e. The Morgan fingerprint density at radius 3 is 2.78 bits per heavy atom. The lowest BCUT2D eigenvalue weighted by Crippen LogP contribution is -2.46. The molecule has 1 saturated heterocycles. The Balaban J connectivity index is 2.10. The molecule has 2 rings (SSSR count). The van der Waals surface area contributed by atoms with E-state index in [1.807, 2.05) is 41.5 Å². The Morgan fingerprint density at radius 2 is 2.17 bits per heavy atom. The molecule has 0 aromatic heterocycles. The van der Waals surface area contributed by atoms with Crippen LogP contribution in [-0.2, 0) is 4.79 Å². The van der Waals surface area contributed by atoms with Gasteiger partial charge in [-0.05, 0) is 24.7 Å². The molecule has 0 saturated carbocycles. The van der Waals surface area contributed by atoms with Crippen molar-refractivity contribution in [3.63, 3.8) is 0 Å². The molecule has 1 aromatic carbocycles. The zero-order valence-electron chi connectivity index (χ0n) is 10.7. The predicted molar refractivity (Wildman–Crippen MR) is 76.5 cm³/mol. The average molecular weight is 264 g/mol. The molecule has 1 fully saturated rings. The summed E-state index contributed by atoms with van der Waals surface area (Å²) >= 11 is 1.59. The zero-order chi connectivity index (χ0) is 13.0. The maximum absolute atomic E-state index is 12.5. The summed E-state index contributed by atoms with van der Waals surface area (Å²) in [5.74, 6) is 0.198. The molecule has 3 nitrogen and oxygen atoms in total. The number of hydrogen-bond acceptors (Lipinski definition) is 3. The molecule has 98 valence electrons. The predicted octanol–water partition coefficient (Wildman–Crippen LogP) is 2.04. The number of hydrogen-bond donors (Lipinski definition) is 1. The standard InChI is InChI=1S/C14H20N2OS/c1-18-13(11-6-3-2-4-7-11)14(17)16-9-5-8-12(15)10-16/h2-4,6-7,12-13H,5,8-10,15H2,1H3/t12-,13+/m0/s1. The van der Waals surface area contributed by atoms with Gasteiger partial charge in [-0.1, -0.05) is 30.3 Å². The molecule has 1 heterocycles. The number of benzene rings is 1. The monoisotopic (exact) mass is 264 g/mol. The molecular weight excluding hydrogens is 244 g/mol. The van der Waals surface area contributed by atoms with Crippen LogP contribution in [0.4, 0.5) is 0 Å². The van der Waals surface area contributed by atoms with Gasteiger partial charge in [0.1, 0.15) is 5.25 Å². The number of carbonyl (C=O) groups excluding carboxylic acids is 1. The molecule has 0 unspecified atom stereocenters. The van der Waals surface area contributed by atoms with Gasteiger partial charge in [0.25, 0.3) is 0 Å². The number of amides is 1. The van der Waals surface area contributed by atoms with Gasteiger partial charge in [-0.15, -0.1) is 11.8 Å². The Morgan fingerprint density at radius 1 is 1.44 bits per heavy atom. The van der Waals surface area contributed by atoms with Gasteiger partial charge in [0, 0.05) is 19.1 Å². The highest BCUT2D eigenvalue weighted by Gasteiger charge is 2.28. The zero-order valence-corrected chi connectivity index (χ0v) is 11.5. The van der Waals surface area contributed by atoms with Crippen molar-refractivity contribution < 1.29 is 4.79 Å². The summed E-state index contributed by atoms with van der Waals surface area (Å²) in [5, 5.41) is -0.100. The van der Waals surface area contributed by atoms with E-state index in [9.17, 15) is 4.79 Å². The van der Waals surface area contributed by atoms with Crippen LogP contribution in [0.5, 0.6) is 0 Å². The largest absolute Gasteiger partial charge is 0.340 e. The first-order chi connectivity index (χ1) is 8.72. The highest BCUT2D eigenvalue weighted by Crippen LogP contribution is 2.29. The third-order valence-electron chi connectivity index (χ3n) is 3.33. The lowest BCUT2D eigenvalue weighted by Gasteiger charge is -2.33. The third-order valence-corrected chi connectivity index (χ3v) is 4.28. The van der Waals surface area contributed by atoms with Crippen LogP contribution in [0.15, 0.2) is 30.3 Å². The maximum Gasteiger partial charge on any atom is 0.240 e. The van der Waals surface area contributed by atoms with Crippen LogP contribution >= 0.6 is 11.8 Å². The first kappa shape index (κ1) is 13.4. The van der Waals surface area contributed by atoms with E-state index in [-0.39, 0.29) is 17.2 Å². The summed E-state index contributed by atoms with van der Waals surface area (Å²) in [6.07, 6.45) is 4.03. The molecule has 0 spiro atoms. The van der Waals surface area contributed by atoms with Crippen LogP contribution in [0.3, 0.4) is 0 Å². The Hall–Kier alpha value is -1.00. The molecular formula is C14H20N2OS. The van der Waals surface area contributed by atoms with Gasteiger partial charge in [0.2, 0.25) is 5.91 Å². The van der Waals surface area contributed by atoms with Gasteiger partial charge < -0.3 is 10.6 Å². The van der Waals surface area contributed by atoms with E-state index in [0.717, 1.165) is 24.9 Å². The average Bonchev–Trinajstić information content (AvgIpc) is 2.41. The van der Waals surface area contributed by atoms with E-state index in [2.05, 4.69) is 0 Å². The third kappa shape index (κ3) is 3.06. The normalized spacial score (nSPS) is 21.7. The summed E-state index contributed by atoms with van der Waals surface area (Å²) in [6, 6.07) is 10.1. The second kappa shape index (κ2) is 6.25. The topological polar surface area (TPSA) is 46.3 Å². The van der Waals surface area contributed by atoms with Gasteiger partial charge in [-0.25, -0.2) is 0 Å². The minimum absolute atomic E-state index is 0.100. The van der Waals surface area contributed by atoms with Crippen LogP contribution in [0.1, 0.15) is 23.7 Å². The number of nitrogens with two attached hydrogens (primary N) is 1. The van der Waals surface area contributed by atoms with Gasteiger partial charge in [-0.2, -0.15) is 0 Å². The lowest BCUT2D eigenvalue weighted by molar-refractivity contribution is -0.131. The second-order valence-corrected chi connectivity index (χ2v) is 5.66. The number of thioether (sulfide) groups is 1. The van der Waals surface area contributed by atoms with Crippen molar-refractivity contribution in [3.8, 4) is 0 Å². The summed E-state index contributed by atoms with van der Waals surface area (Å²) in [4.78, 5) is 14.4. The minimum atomic E-state index is -0.100. The fourth-order valence-electron chi connectivity index (χ4n) is 2.38. The fourth-order valence-corrected chi connectivity index (χ4v) is 3.16. The molecule has 1 aliphatic heterocycles. The van der Waals surface area contributed by atoms with Crippen LogP contribution in [0.25, 0.3) is 0 Å². The van der Waals surface area contributed by atoms with Crippen molar-refractivity contribution in [2.75, 3.05) is 19.3 Å². The lowest BCUT2D eigenvalue weighted by atomic mass is 10.0. The number of carbonyl (C=O) groups is 1. The molecule has 0 radical (unpaired) electrons. The van der Waals surface area contributed by atoms with E-state index in [4.69, 9.17) is 5.73 Å². The first-order valence-corrected chi connectivity index (χ1v) is 7.63. The molecule has 4 heteroatoms. The van der Waals surface area contributed by atoms with E-state index in [1.54, 1.807) is 11.8 Å². The first-order valence-electron chi connectivity index (χ1n) is 6.34. The maximum atomic E-state index is 12.5. The highest BCUT2D eigenvalue weighted by molar-refractivity contribution is 7.99. The summed E-state index contributed by atoms with van der Waals surface area (Å²) in [7, 11) is 0. The van der Waals surface area contributed by atoms with Crippen molar-refractivity contribution in [2.45, 2.75) is 24.1 Å². The van der Waals surface area contributed by atoms with Crippen molar-refractivity contribution >= 4 is 17.7 Å². The molecule has 18 heavy (non-hydrogen) atoms. The van der Waals surface area contributed by atoms with Gasteiger partial charge >= 0.3 is 0 Å². The fraction of sp³-hybridized carbons (Fsp3) is 0.500. The van der Waals surface area contributed by atoms with Crippen molar-refractivity contribution in [2.24, 2.45) is 5.73 Å². The molecule has 2 N–H and O–H groups in total. The molecule has 0 bridgehead atoms. The quantitative estimate of drug-likeness (QED) is 0.909. The van der Waals surface area contributed by atoms with Gasteiger partial charge in [-0.3, -0.25) is 4.79 Å². The molecule has 1 aromatic rings. The van der Waals surface area contributed by atoms with Crippen molar-refractivity contribution in [3.05, 3.63) is 35.9 Å². The van der Waals surface area contributed by atoms with E-state index >= 15 is 0 Å². The molecule has 2 atom stereocenters. The van der Waals surface area contributed by atoms with Crippen molar-refractivity contribution in [1.29, 1.82) is 0 Å². The van der Waals surface area contributed by atoms with Gasteiger partial charge in [0.15, 0.2) is 0 Å². The number of rotatable bonds is 3. The van der Waals surface area contributed by atoms with Gasteiger partial charge in [0.05, 0.1) is 0 Å². The Labute approximate surface area is 113 Å². The number of piperidine rings is 1. The highest BCUT2D eigenvalue weighted by atomic mass is 32.2. The molecule has 1 amide bonds. The number of likely N-dealkylation sites (tertiary alicyclic amines) is 1. The van der Waals surface area contributed by atoms with Crippen molar-refractivity contribution in [1.82, 2.24) is 4.90 Å². The Bertz CT molecular complexity index is 396. The summed E-state index contributed by atoms with van der Waals surface area (Å²) < 4.78 is 0. The van der Waals surface area contributed by atoms with Crippen LogP contribution < -0.4 is 5.73 Å². The van der Waals surface area contributed by atoms with E-state index in [1.165, 1.54) is 0 Å². The SMILES string of the molecule is CS[C@@H](C(=O)N1CCC[C@H](N)C1)c1ccccc1. The number of nitrogens with zero attached hydrogens (tertiary/aromatic N) is 1. The Kier molecular flexibility index (Phi) is 4.66. The summed E-state index contributed by atoms with van der Waals surface area (Å²) in [6.45, 7) is 1.54. The molecule has 1 aliphatic rings. The van der Waals surface area contributed by atoms with Crippen LogP contribution in [-0.4, -0.2) is 36.2 Å². The van der Waals surface area contributed by atoms with E-state index in [0.29, 0.717) is 6.54 Å². The second-order valence-electron chi connectivity index (χ2n) is 4.71. The molecule has 0 aliphatic carbocycles. The smallest absolute Gasteiger partial charge is 0.240 e. The van der Waals surface area contributed by atoms with E-state index < -0.39 is 0 Å².